The summed E-state index contributed by atoms with van der Waals surface area (Å²) < 4.78 is 5.92. The Morgan fingerprint density at radius 1 is 0.613 bits per heavy atom. The first kappa shape index (κ1) is 19.4. The van der Waals surface area contributed by atoms with E-state index in [9.17, 15) is 4.79 Å². The average molecular weight is 420 g/mol. The van der Waals surface area contributed by atoms with E-state index in [-0.39, 0.29) is 5.78 Å². The second-order valence-corrected chi connectivity index (χ2v) is 10.6. The molecule has 0 fully saturated rings. The van der Waals surface area contributed by atoms with Gasteiger partial charge in [-0.3, -0.25) is 4.79 Å². The van der Waals surface area contributed by atoms with Crippen LogP contribution < -0.4 is 15.9 Å². The molecule has 5 aromatic rings. The summed E-state index contributed by atoms with van der Waals surface area (Å²) in [6.07, 6.45) is 0. The van der Waals surface area contributed by atoms with Gasteiger partial charge in [-0.2, -0.15) is 0 Å². The number of Topliss-reactive ketones (excluding diaryl/α,β-unsaturated/α-hetero) is 1. The third-order valence-electron chi connectivity index (χ3n) is 5.47. The van der Waals surface area contributed by atoms with Gasteiger partial charge in [0.15, 0.2) is 5.76 Å². The standard InChI is InChI=1S/C28H21O2P/c29-26(28-20-22-12-10-11-19-27(22)30-28)21-31(23-13-4-1-5-14-23,24-15-6-2-7-16-24)25-17-8-3-9-18-25/h1-21H. The molecule has 1 heterocycles. The number of furan rings is 1. The van der Waals surface area contributed by atoms with Crippen molar-refractivity contribution in [3.8, 4) is 0 Å². The van der Waals surface area contributed by atoms with E-state index in [2.05, 4.69) is 36.4 Å². The molecular weight excluding hydrogens is 399 g/mol. The summed E-state index contributed by atoms with van der Waals surface area (Å²) in [5.41, 5.74) is 0.724. The van der Waals surface area contributed by atoms with E-state index < -0.39 is 6.89 Å². The van der Waals surface area contributed by atoms with Crippen molar-refractivity contribution in [2.24, 2.45) is 0 Å². The van der Waals surface area contributed by atoms with Crippen LogP contribution in [0.5, 0.6) is 0 Å². The summed E-state index contributed by atoms with van der Waals surface area (Å²) in [5.74, 6) is 2.18. The van der Waals surface area contributed by atoms with Gasteiger partial charge in [-0.25, -0.2) is 0 Å². The topological polar surface area (TPSA) is 30.2 Å². The Hall–Kier alpha value is -3.61. The molecule has 0 saturated heterocycles. The Kier molecular flexibility index (Phi) is 5.16. The second-order valence-electron chi connectivity index (χ2n) is 7.37. The van der Waals surface area contributed by atoms with Crippen LogP contribution in [-0.2, 0) is 0 Å². The molecule has 0 atom stereocenters. The summed E-state index contributed by atoms with van der Waals surface area (Å²) in [4.78, 5) is 13.6. The number of fused-ring (bicyclic) bond motifs is 1. The molecule has 0 aliphatic heterocycles. The third kappa shape index (κ3) is 3.56. The fourth-order valence-corrected chi connectivity index (χ4v) is 7.75. The van der Waals surface area contributed by atoms with Gasteiger partial charge < -0.3 is 4.42 Å². The Labute approximate surface area is 181 Å². The summed E-state index contributed by atoms with van der Waals surface area (Å²) in [7, 11) is 0. The van der Waals surface area contributed by atoms with Crippen LogP contribution in [-0.4, -0.2) is 11.6 Å². The molecule has 2 nitrogen and oxygen atoms in total. The molecule has 3 heteroatoms. The highest BCUT2D eigenvalue weighted by molar-refractivity contribution is 7.95. The Morgan fingerprint density at radius 3 is 1.55 bits per heavy atom. The minimum atomic E-state index is -2.35. The van der Waals surface area contributed by atoms with Crippen molar-refractivity contribution in [3.05, 3.63) is 127 Å². The highest BCUT2D eigenvalue weighted by atomic mass is 31.2. The van der Waals surface area contributed by atoms with Gasteiger partial charge in [0.2, 0.25) is 5.78 Å². The molecule has 0 amide bonds. The van der Waals surface area contributed by atoms with Gasteiger partial charge in [-0.05, 0) is 40.7 Å². The van der Waals surface area contributed by atoms with E-state index in [1.165, 1.54) is 0 Å². The zero-order valence-electron chi connectivity index (χ0n) is 16.9. The maximum Gasteiger partial charge on any atom is 0.222 e. The second kappa shape index (κ2) is 8.26. The van der Waals surface area contributed by atoms with Gasteiger partial charge in [0.05, 0.1) is 0 Å². The highest BCUT2D eigenvalue weighted by Gasteiger charge is 2.27. The van der Waals surface area contributed by atoms with Crippen LogP contribution in [0.3, 0.4) is 0 Å². The van der Waals surface area contributed by atoms with E-state index in [0.29, 0.717) is 5.76 Å². The van der Waals surface area contributed by atoms with Gasteiger partial charge in [0.25, 0.3) is 0 Å². The summed E-state index contributed by atoms with van der Waals surface area (Å²) in [6, 6.07) is 40.5. The number of carbonyl (C=O) groups excluding carboxylic acids is 1. The number of para-hydroxylation sites is 1. The lowest BCUT2D eigenvalue weighted by molar-refractivity contribution is 0.105. The van der Waals surface area contributed by atoms with Crippen molar-refractivity contribution in [3.63, 3.8) is 0 Å². The zero-order chi connectivity index (χ0) is 21.1. The Morgan fingerprint density at radius 2 is 1.06 bits per heavy atom. The molecule has 150 valence electrons. The summed E-state index contributed by atoms with van der Waals surface area (Å²) in [6.45, 7) is -2.35. The number of rotatable bonds is 5. The van der Waals surface area contributed by atoms with Gasteiger partial charge in [-0.15, -0.1) is 0 Å². The minimum absolute atomic E-state index is 0.0962. The SMILES string of the molecule is O=C(C=P(c1ccccc1)(c1ccccc1)c1ccccc1)c1cc2ccccc2o1. The van der Waals surface area contributed by atoms with Crippen molar-refractivity contribution in [2.75, 3.05) is 0 Å². The number of benzene rings is 4. The smallest absolute Gasteiger partial charge is 0.222 e. The van der Waals surface area contributed by atoms with E-state index >= 15 is 0 Å². The lowest BCUT2D eigenvalue weighted by atomic mass is 10.2. The molecule has 0 N–H and O–H groups in total. The van der Waals surface area contributed by atoms with Crippen LogP contribution in [0.15, 0.2) is 126 Å². The van der Waals surface area contributed by atoms with E-state index in [4.69, 9.17) is 4.42 Å². The normalized spacial score (nSPS) is 11.4. The lowest BCUT2D eigenvalue weighted by Crippen LogP contribution is -2.28. The third-order valence-corrected chi connectivity index (χ3v) is 9.43. The predicted molar refractivity (Wildman–Crippen MR) is 132 cm³/mol. The minimum Gasteiger partial charge on any atom is -0.453 e. The molecule has 4 aromatic carbocycles. The molecule has 5 rings (SSSR count). The van der Waals surface area contributed by atoms with Crippen LogP contribution in [0.4, 0.5) is 0 Å². The molecule has 0 saturated carbocycles. The molecule has 31 heavy (non-hydrogen) atoms. The number of carbonyl (C=O) groups is 1. The van der Waals surface area contributed by atoms with E-state index in [0.717, 1.165) is 26.9 Å². The van der Waals surface area contributed by atoms with Crippen LogP contribution in [0.1, 0.15) is 10.6 Å². The molecule has 0 aliphatic carbocycles. The van der Waals surface area contributed by atoms with Crippen molar-refractivity contribution < 1.29 is 9.21 Å². The van der Waals surface area contributed by atoms with Gasteiger partial charge >= 0.3 is 0 Å². The number of hydrogen-bond donors (Lipinski definition) is 0. The van der Waals surface area contributed by atoms with Gasteiger partial charge in [-0.1, -0.05) is 109 Å². The van der Waals surface area contributed by atoms with Crippen LogP contribution in [0.2, 0.25) is 0 Å². The molecule has 0 aliphatic rings. The first-order valence-corrected chi connectivity index (χ1v) is 12.1. The first-order chi connectivity index (χ1) is 15.3. The lowest BCUT2D eigenvalue weighted by Gasteiger charge is -2.28. The van der Waals surface area contributed by atoms with Crippen LogP contribution in [0, 0.1) is 0 Å². The molecular formula is C28H21O2P. The average Bonchev–Trinajstić information content (AvgIpc) is 3.29. The van der Waals surface area contributed by atoms with Gasteiger partial charge in [0, 0.05) is 5.39 Å². The van der Waals surface area contributed by atoms with E-state index in [1.807, 2.05) is 90.7 Å². The van der Waals surface area contributed by atoms with Crippen molar-refractivity contribution >= 4 is 45.3 Å². The van der Waals surface area contributed by atoms with Crippen molar-refractivity contribution in [1.29, 1.82) is 0 Å². The monoisotopic (exact) mass is 420 g/mol. The maximum atomic E-state index is 13.6. The quantitative estimate of drug-likeness (QED) is 0.281. The van der Waals surface area contributed by atoms with Gasteiger partial charge in [0.1, 0.15) is 5.58 Å². The van der Waals surface area contributed by atoms with E-state index in [1.54, 1.807) is 0 Å². The van der Waals surface area contributed by atoms with Crippen LogP contribution >= 0.6 is 6.89 Å². The molecule has 0 spiro atoms. The number of ketones is 1. The molecule has 1 aromatic heterocycles. The fraction of sp³-hybridized carbons (Fsp3) is 0. The summed E-state index contributed by atoms with van der Waals surface area (Å²) >= 11 is 0. The Bertz CT molecular complexity index is 1250. The predicted octanol–water partition coefficient (Wildman–Crippen LogP) is 5.41. The molecule has 0 bridgehead atoms. The fourth-order valence-electron chi connectivity index (χ4n) is 4.00. The summed E-state index contributed by atoms with van der Waals surface area (Å²) in [5, 5.41) is 4.34. The highest BCUT2D eigenvalue weighted by Crippen LogP contribution is 2.44. The largest absolute Gasteiger partial charge is 0.453 e. The molecule has 0 unspecified atom stereocenters. The zero-order valence-corrected chi connectivity index (χ0v) is 17.8. The Balaban J connectivity index is 1.82. The van der Waals surface area contributed by atoms with Crippen molar-refractivity contribution in [1.82, 2.24) is 0 Å². The number of hydrogen-bond acceptors (Lipinski definition) is 2. The molecule has 0 radical (unpaired) electrons. The van der Waals surface area contributed by atoms with Crippen LogP contribution in [0.25, 0.3) is 11.0 Å². The van der Waals surface area contributed by atoms with Crippen molar-refractivity contribution in [2.45, 2.75) is 0 Å². The maximum absolute atomic E-state index is 13.6. The first-order valence-electron chi connectivity index (χ1n) is 10.2.